The Morgan fingerprint density at radius 3 is 1.97 bits per heavy atom. The number of benzene rings is 3. The molecule has 0 aliphatic heterocycles. The van der Waals surface area contributed by atoms with Gasteiger partial charge in [-0.15, -0.1) is 0 Å². The Labute approximate surface area is 185 Å². The van der Waals surface area contributed by atoms with E-state index in [-0.39, 0.29) is 11.0 Å². The van der Waals surface area contributed by atoms with Crippen molar-refractivity contribution in [3.63, 3.8) is 0 Å². The lowest BCUT2D eigenvalue weighted by Gasteiger charge is -2.12. The van der Waals surface area contributed by atoms with Crippen LogP contribution >= 0.6 is 12.2 Å². The van der Waals surface area contributed by atoms with Gasteiger partial charge in [0.05, 0.1) is 0 Å². The van der Waals surface area contributed by atoms with Crippen molar-refractivity contribution in [3.8, 4) is 11.5 Å². The van der Waals surface area contributed by atoms with Gasteiger partial charge in [-0.2, -0.15) is 0 Å². The van der Waals surface area contributed by atoms with Crippen molar-refractivity contribution in [1.29, 1.82) is 0 Å². The van der Waals surface area contributed by atoms with Crippen molar-refractivity contribution >= 4 is 29.1 Å². The molecular weight excluding hydrogens is 414 g/mol. The maximum atomic E-state index is 12.4. The van der Waals surface area contributed by atoms with Crippen LogP contribution in [0.4, 0.5) is 0 Å². The van der Waals surface area contributed by atoms with Crippen molar-refractivity contribution in [2.24, 2.45) is 0 Å². The molecule has 0 radical (unpaired) electrons. The maximum Gasteiger partial charge on any atom is 0.269 e. The van der Waals surface area contributed by atoms with Gasteiger partial charge in [0.15, 0.2) is 5.11 Å². The van der Waals surface area contributed by atoms with Crippen LogP contribution in [0.1, 0.15) is 20.7 Å². The molecule has 0 spiro atoms. The average molecular weight is 436 g/mol. The molecule has 3 N–H and O–H groups in total. The highest BCUT2D eigenvalue weighted by molar-refractivity contribution is 7.80. The number of hydrazine groups is 1. The molecule has 0 saturated heterocycles. The summed E-state index contributed by atoms with van der Waals surface area (Å²) in [6, 6.07) is 24.7. The van der Waals surface area contributed by atoms with E-state index in [9.17, 15) is 9.59 Å². The van der Waals surface area contributed by atoms with Crippen molar-refractivity contribution in [1.82, 2.24) is 16.2 Å². The number of amides is 2. The van der Waals surface area contributed by atoms with E-state index < -0.39 is 5.91 Å². The lowest BCUT2D eigenvalue weighted by molar-refractivity contribution is 0.0934. The van der Waals surface area contributed by atoms with E-state index in [1.807, 2.05) is 36.4 Å². The van der Waals surface area contributed by atoms with Gasteiger partial charge in [-0.05, 0) is 54.7 Å². The number of rotatable bonds is 7. The second-order valence-electron chi connectivity index (χ2n) is 6.27. The summed E-state index contributed by atoms with van der Waals surface area (Å²) >= 11 is 5.06. The van der Waals surface area contributed by atoms with E-state index in [1.165, 1.54) is 0 Å². The molecule has 3 aromatic carbocycles. The normalized spacial score (nSPS) is 9.94. The monoisotopic (exact) mass is 435 g/mol. The second-order valence-corrected chi connectivity index (χ2v) is 6.67. The van der Waals surface area contributed by atoms with Gasteiger partial charge in [-0.3, -0.25) is 25.8 Å². The van der Waals surface area contributed by atoms with Crippen LogP contribution in [-0.4, -0.2) is 30.1 Å². The molecule has 2 amide bonds. The zero-order valence-corrected chi connectivity index (χ0v) is 17.4. The minimum absolute atomic E-state index is 0.0307. The van der Waals surface area contributed by atoms with Crippen LogP contribution in [0.5, 0.6) is 11.5 Å². The summed E-state index contributed by atoms with van der Waals surface area (Å²) in [6.45, 7) is 0.695. The number of carbonyl (C=O) groups is 2. The maximum absolute atomic E-state index is 12.4. The zero-order valence-electron chi connectivity index (χ0n) is 16.5. The van der Waals surface area contributed by atoms with Gasteiger partial charge < -0.3 is 9.47 Å². The summed E-state index contributed by atoms with van der Waals surface area (Å²) in [5.74, 6) is 0.489. The fourth-order valence-electron chi connectivity index (χ4n) is 2.54. The summed E-state index contributed by atoms with van der Waals surface area (Å²) < 4.78 is 11.2. The second kappa shape index (κ2) is 11.3. The van der Waals surface area contributed by atoms with Crippen LogP contribution in [0.25, 0.3) is 0 Å². The number of thiocarbonyl (C=S) groups is 1. The molecule has 0 atom stereocenters. The summed E-state index contributed by atoms with van der Waals surface area (Å²) in [5.41, 5.74) is 5.76. The molecule has 0 aliphatic carbocycles. The molecule has 3 aromatic rings. The molecule has 158 valence electrons. The quantitative estimate of drug-likeness (QED) is 0.300. The third-order valence-electron chi connectivity index (χ3n) is 4.01. The molecule has 3 rings (SSSR count). The van der Waals surface area contributed by atoms with Gasteiger partial charge in [0.25, 0.3) is 11.8 Å². The summed E-state index contributed by atoms with van der Waals surface area (Å²) in [5, 5.41) is 2.47. The number of nitrogens with one attached hydrogen (secondary N) is 3. The summed E-state index contributed by atoms with van der Waals surface area (Å²) in [7, 11) is 0. The van der Waals surface area contributed by atoms with Gasteiger partial charge in [-0.25, -0.2) is 0 Å². The van der Waals surface area contributed by atoms with E-state index in [0.717, 1.165) is 5.75 Å². The van der Waals surface area contributed by atoms with Crippen LogP contribution < -0.4 is 25.6 Å². The van der Waals surface area contributed by atoms with Crippen LogP contribution in [0.15, 0.2) is 84.9 Å². The Balaban J connectivity index is 1.43. The number of hydrogen-bond acceptors (Lipinski definition) is 5. The molecule has 0 fully saturated rings. The highest BCUT2D eigenvalue weighted by Crippen LogP contribution is 2.14. The van der Waals surface area contributed by atoms with E-state index in [0.29, 0.717) is 30.1 Å². The van der Waals surface area contributed by atoms with Gasteiger partial charge >= 0.3 is 0 Å². The number of para-hydroxylation sites is 1. The Morgan fingerprint density at radius 2 is 1.26 bits per heavy atom. The Kier molecular flexibility index (Phi) is 7.96. The summed E-state index contributed by atoms with van der Waals surface area (Å²) in [4.78, 5) is 24.4. The fraction of sp³-hybridized carbons (Fsp3) is 0.0870. The Hall–Kier alpha value is -3.91. The number of hydrogen-bond donors (Lipinski definition) is 3. The molecular formula is C23H21N3O4S. The smallest absolute Gasteiger partial charge is 0.269 e. The molecule has 31 heavy (non-hydrogen) atoms. The number of carbonyl (C=O) groups excluding carboxylic acids is 2. The standard InChI is InChI=1S/C23H21N3O4S/c27-21(24-23(31)26-25-22(28)17-8-3-1-4-9-17)18-10-7-13-20(16-18)30-15-14-29-19-11-5-2-6-12-19/h1-13,16H,14-15H2,(H,25,28)(H2,24,26,27,31). The van der Waals surface area contributed by atoms with Gasteiger partial charge in [0.1, 0.15) is 24.7 Å². The van der Waals surface area contributed by atoms with E-state index >= 15 is 0 Å². The van der Waals surface area contributed by atoms with Gasteiger partial charge in [0.2, 0.25) is 0 Å². The lowest BCUT2D eigenvalue weighted by atomic mass is 10.2. The first kappa shape index (κ1) is 21.8. The first-order valence-electron chi connectivity index (χ1n) is 9.49. The lowest BCUT2D eigenvalue weighted by Crippen LogP contribution is -2.48. The van der Waals surface area contributed by atoms with E-state index in [4.69, 9.17) is 21.7 Å². The van der Waals surface area contributed by atoms with Crippen molar-refractivity contribution in [2.45, 2.75) is 0 Å². The van der Waals surface area contributed by atoms with Crippen molar-refractivity contribution in [2.75, 3.05) is 13.2 Å². The van der Waals surface area contributed by atoms with Crippen LogP contribution in [-0.2, 0) is 0 Å². The molecule has 0 saturated carbocycles. The average Bonchev–Trinajstić information content (AvgIpc) is 2.81. The highest BCUT2D eigenvalue weighted by Gasteiger charge is 2.10. The predicted octanol–water partition coefficient (Wildman–Crippen LogP) is 3.09. The highest BCUT2D eigenvalue weighted by atomic mass is 32.1. The molecule has 0 aliphatic rings. The van der Waals surface area contributed by atoms with Crippen molar-refractivity contribution in [3.05, 3.63) is 96.1 Å². The summed E-state index contributed by atoms with van der Waals surface area (Å²) in [6.07, 6.45) is 0. The van der Waals surface area contributed by atoms with Crippen LogP contribution in [0, 0.1) is 0 Å². The molecule has 0 heterocycles. The van der Waals surface area contributed by atoms with Crippen molar-refractivity contribution < 1.29 is 19.1 Å². The zero-order chi connectivity index (χ0) is 21.9. The molecule has 7 nitrogen and oxygen atoms in total. The largest absolute Gasteiger partial charge is 0.490 e. The number of ether oxygens (including phenoxy) is 2. The minimum Gasteiger partial charge on any atom is -0.490 e. The Bertz CT molecular complexity index is 1030. The predicted molar refractivity (Wildman–Crippen MR) is 121 cm³/mol. The molecule has 0 aromatic heterocycles. The fourth-order valence-corrected chi connectivity index (χ4v) is 2.69. The molecule has 0 bridgehead atoms. The SMILES string of the molecule is O=C(NNC(=S)NC(=O)c1cccc(OCCOc2ccccc2)c1)c1ccccc1. The van der Waals surface area contributed by atoms with Crippen LogP contribution in [0.3, 0.4) is 0 Å². The first-order valence-corrected chi connectivity index (χ1v) is 9.90. The minimum atomic E-state index is -0.433. The molecule has 8 heteroatoms. The first-order chi connectivity index (χ1) is 15.1. The Morgan fingerprint density at radius 1 is 0.677 bits per heavy atom. The third-order valence-corrected chi connectivity index (χ3v) is 4.22. The van der Waals surface area contributed by atoms with Crippen LogP contribution in [0.2, 0.25) is 0 Å². The third kappa shape index (κ3) is 7.13. The van der Waals surface area contributed by atoms with E-state index in [1.54, 1.807) is 48.5 Å². The van der Waals surface area contributed by atoms with Gasteiger partial charge in [0, 0.05) is 11.1 Å². The van der Waals surface area contributed by atoms with Gasteiger partial charge in [-0.1, -0.05) is 42.5 Å². The van der Waals surface area contributed by atoms with E-state index in [2.05, 4.69) is 16.2 Å². The molecule has 0 unspecified atom stereocenters. The topological polar surface area (TPSA) is 88.7 Å².